The highest BCUT2D eigenvalue weighted by Gasteiger charge is 2.26. The second-order valence-corrected chi connectivity index (χ2v) is 7.39. The van der Waals surface area contributed by atoms with Gasteiger partial charge >= 0.3 is 0 Å². The molecule has 1 fully saturated rings. The fourth-order valence-corrected chi connectivity index (χ4v) is 2.58. The zero-order valence-corrected chi connectivity index (χ0v) is 14.4. The van der Waals surface area contributed by atoms with Gasteiger partial charge < -0.3 is 14.8 Å². The largest absolute Gasteiger partial charge is 0.488 e. The molecule has 118 valence electrons. The molecule has 0 aliphatic carbocycles. The number of hydrogen-bond donors (Lipinski definition) is 1. The Morgan fingerprint density at radius 2 is 2.05 bits per heavy atom. The van der Waals surface area contributed by atoms with Crippen LogP contribution < -0.4 is 10.1 Å². The van der Waals surface area contributed by atoms with Crippen molar-refractivity contribution in [1.29, 1.82) is 0 Å². The van der Waals surface area contributed by atoms with E-state index in [1.54, 1.807) is 12.1 Å². The first kappa shape index (κ1) is 16.7. The van der Waals surface area contributed by atoms with E-state index in [-0.39, 0.29) is 29.3 Å². The standard InChI is InChI=1S/C16H23BrFNO2/c1-16(2,3)19-9-12-5-6-13(21-12)10-20-15-8-11(17)4-7-14(15)18/h4,7-8,12-13,19H,5-6,9-10H2,1-3H3. The Morgan fingerprint density at radius 3 is 2.76 bits per heavy atom. The van der Waals surface area contributed by atoms with Crippen molar-refractivity contribution in [2.24, 2.45) is 0 Å². The first-order chi connectivity index (χ1) is 9.83. The summed E-state index contributed by atoms with van der Waals surface area (Å²) >= 11 is 3.31. The summed E-state index contributed by atoms with van der Waals surface area (Å²) < 4.78 is 25.9. The van der Waals surface area contributed by atoms with Gasteiger partial charge in [-0.2, -0.15) is 0 Å². The second kappa shape index (κ2) is 7.07. The Kier molecular flexibility index (Phi) is 5.63. The monoisotopic (exact) mass is 359 g/mol. The maximum atomic E-state index is 13.6. The zero-order chi connectivity index (χ0) is 15.5. The van der Waals surface area contributed by atoms with Gasteiger partial charge in [-0.15, -0.1) is 0 Å². The molecule has 1 heterocycles. The van der Waals surface area contributed by atoms with Gasteiger partial charge in [-0.1, -0.05) is 15.9 Å². The van der Waals surface area contributed by atoms with Crippen LogP contribution in [-0.4, -0.2) is 30.9 Å². The number of ether oxygens (including phenoxy) is 2. The minimum atomic E-state index is -0.345. The number of rotatable bonds is 5. The Balaban J connectivity index is 1.76. The molecule has 0 spiro atoms. The van der Waals surface area contributed by atoms with Crippen molar-refractivity contribution in [2.45, 2.75) is 51.4 Å². The summed E-state index contributed by atoms with van der Waals surface area (Å²) in [5, 5.41) is 3.44. The molecule has 0 bridgehead atoms. The molecule has 1 aliphatic heterocycles. The molecular formula is C16H23BrFNO2. The molecule has 3 nitrogen and oxygen atoms in total. The van der Waals surface area contributed by atoms with Crippen LogP contribution in [0.5, 0.6) is 5.75 Å². The Hall–Kier alpha value is -0.650. The highest BCUT2D eigenvalue weighted by molar-refractivity contribution is 9.10. The summed E-state index contributed by atoms with van der Waals surface area (Å²) in [6, 6.07) is 4.69. The molecule has 0 radical (unpaired) electrons. The SMILES string of the molecule is CC(C)(C)NCC1CCC(COc2cc(Br)ccc2F)O1. The summed E-state index contributed by atoms with van der Waals surface area (Å²) in [4.78, 5) is 0. The maximum Gasteiger partial charge on any atom is 0.165 e. The van der Waals surface area contributed by atoms with E-state index in [9.17, 15) is 4.39 Å². The van der Waals surface area contributed by atoms with Crippen molar-refractivity contribution in [3.8, 4) is 5.75 Å². The van der Waals surface area contributed by atoms with Crippen LogP contribution in [0.25, 0.3) is 0 Å². The number of halogens is 2. The molecule has 0 amide bonds. The molecule has 1 saturated heterocycles. The van der Waals surface area contributed by atoms with E-state index in [2.05, 4.69) is 42.0 Å². The highest BCUT2D eigenvalue weighted by Crippen LogP contribution is 2.25. The van der Waals surface area contributed by atoms with E-state index in [1.807, 2.05) is 0 Å². The van der Waals surface area contributed by atoms with Crippen LogP contribution in [0.4, 0.5) is 4.39 Å². The molecule has 1 aromatic rings. The van der Waals surface area contributed by atoms with Crippen LogP contribution in [-0.2, 0) is 4.74 Å². The quantitative estimate of drug-likeness (QED) is 0.864. The average molecular weight is 360 g/mol. The lowest BCUT2D eigenvalue weighted by Crippen LogP contribution is -2.41. The van der Waals surface area contributed by atoms with E-state index < -0.39 is 0 Å². The van der Waals surface area contributed by atoms with Crippen molar-refractivity contribution in [3.63, 3.8) is 0 Å². The van der Waals surface area contributed by atoms with Gasteiger partial charge in [0, 0.05) is 16.6 Å². The van der Waals surface area contributed by atoms with E-state index >= 15 is 0 Å². The molecule has 2 rings (SSSR count). The van der Waals surface area contributed by atoms with Crippen molar-refractivity contribution in [2.75, 3.05) is 13.2 Å². The summed E-state index contributed by atoms with van der Waals surface area (Å²) in [6.07, 6.45) is 2.21. The van der Waals surface area contributed by atoms with Crippen LogP contribution in [0.1, 0.15) is 33.6 Å². The second-order valence-electron chi connectivity index (χ2n) is 6.47. The maximum absolute atomic E-state index is 13.6. The van der Waals surface area contributed by atoms with Gasteiger partial charge in [0.05, 0.1) is 12.2 Å². The lowest BCUT2D eigenvalue weighted by molar-refractivity contribution is 0.0154. The van der Waals surface area contributed by atoms with Crippen LogP contribution in [0.2, 0.25) is 0 Å². The average Bonchev–Trinajstić information content (AvgIpc) is 2.85. The lowest BCUT2D eigenvalue weighted by Gasteiger charge is -2.23. The van der Waals surface area contributed by atoms with E-state index in [4.69, 9.17) is 9.47 Å². The van der Waals surface area contributed by atoms with Crippen molar-refractivity contribution < 1.29 is 13.9 Å². The predicted octanol–water partition coefficient (Wildman–Crippen LogP) is 3.90. The fourth-order valence-electron chi connectivity index (χ4n) is 2.24. The van der Waals surface area contributed by atoms with Gasteiger partial charge in [-0.3, -0.25) is 0 Å². The van der Waals surface area contributed by atoms with Gasteiger partial charge in [-0.05, 0) is 51.8 Å². The minimum absolute atomic E-state index is 0.0372. The Bertz CT molecular complexity index is 476. The van der Waals surface area contributed by atoms with E-state index in [1.165, 1.54) is 6.07 Å². The van der Waals surface area contributed by atoms with Crippen LogP contribution >= 0.6 is 15.9 Å². The van der Waals surface area contributed by atoms with E-state index in [0.29, 0.717) is 6.61 Å². The zero-order valence-electron chi connectivity index (χ0n) is 12.8. The first-order valence-corrected chi connectivity index (χ1v) is 8.11. The third kappa shape index (κ3) is 5.57. The highest BCUT2D eigenvalue weighted by atomic mass is 79.9. The molecule has 0 aromatic heterocycles. The lowest BCUT2D eigenvalue weighted by atomic mass is 10.1. The van der Waals surface area contributed by atoms with Crippen LogP contribution in [0, 0.1) is 5.82 Å². The summed E-state index contributed by atoms with van der Waals surface area (Å²) in [6.45, 7) is 7.64. The molecule has 0 saturated carbocycles. The van der Waals surface area contributed by atoms with Crippen molar-refractivity contribution >= 4 is 15.9 Å². The van der Waals surface area contributed by atoms with Crippen molar-refractivity contribution in [3.05, 3.63) is 28.5 Å². The number of hydrogen-bond acceptors (Lipinski definition) is 3. The molecule has 5 heteroatoms. The first-order valence-electron chi connectivity index (χ1n) is 7.32. The summed E-state index contributed by atoms with van der Waals surface area (Å²) in [5.41, 5.74) is 0.0946. The van der Waals surface area contributed by atoms with E-state index in [0.717, 1.165) is 23.9 Å². The fraction of sp³-hybridized carbons (Fsp3) is 0.625. The molecule has 2 atom stereocenters. The summed E-state index contributed by atoms with van der Waals surface area (Å²) in [7, 11) is 0. The van der Waals surface area contributed by atoms with Crippen molar-refractivity contribution in [1.82, 2.24) is 5.32 Å². The molecular weight excluding hydrogens is 337 g/mol. The Morgan fingerprint density at radius 1 is 1.33 bits per heavy atom. The molecule has 2 unspecified atom stereocenters. The van der Waals surface area contributed by atoms with Crippen LogP contribution in [0.3, 0.4) is 0 Å². The molecule has 21 heavy (non-hydrogen) atoms. The molecule has 1 aliphatic rings. The minimum Gasteiger partial charge on any atom is -0.488 e. The van der Waals surface area contributed by atoms with Gasteiger partial charge in [0.1, 0.15) is 6.61 Å². The molecule has 1 aromatic carbocycles. The normalized spacial score (nSPS) is 22.5. The topological polar surface area (TPSA) is 30.5 Å². The van der Waals surface area contributed by atoms with Gasteiger partial charge in [0.2, 0.25) is 0 Å². The third-order valence-electron chi connectivity index (χ3n) is 3.37. The summed E-state index contributed by atoms with van der Waals surface area (Å²) in [5.74, 6) is -0.0774. The number of nitrogens with one attached hydrogen (secondary N) is 1. The smallest absolute Gasteiger partial charge is 0.165 e. The third-order valence-corrected chi connectivity index (χ3v) is 3.87. The Labute approximate surface area is 134 Å². The van der Waals surface area contributed by atoms with Crippen LogP contribution in [0.15, 0.2) is 22.7 Å². The van der Waals surface area contributed by atoms with Gasteiger partial charge in [0.25, 0.3) is 0 Å². The number of benzene rings is 1. The predicted molar refractivity (Wildman–Crippen MR) is 85.2 cm³/mol. The van der Waals surface area contributed by atoms with Gasteiger partial charge in [0.15, 0.2) is 11.6 Å². The molecule has 1 N–H and O–H groups in total. The van der Waals surface area contributed by atoms with Gasteiger partial charge in [-0.25, -0.2) is 4.39 Å².